The van der Waals surface area contributed by atoms with E-state index in [1.165, 1.54) is 31.1 Å². The quantitative estimate of drug-likeness (QED) is 0.566. The van der Waals surface area contributed by atoms with E-state index >= 15 is 0 Å². The third-order valence-electron chi connectivity index (χ3n) is 4.19. The number of carbonyl (C=O) groups excluding carboxylic acids is 3. The number of hydrogen-bond donors (Lipinski definition) is 1. The fraction of sp³-hybridized carbons (Fsp3) is 0.471. The lowest BCUT2D eigenvalue weighted by atomic mass is 10.1. The van der Waals surface area contributed by atoms with E-state index in [1.54, 1.807) is 12.1 Å². The van der Waals surface area contributed by atoms with Crippen LogP contribution in [0.2, 0.25) is 0 Å². The third-order valence-corrected chi connectivity index (χ3v) is 5.94. The molecule has 1 aromatic carbocycles. The molecular formula is C17H22N2O6S. The number of hydrogen-bond acceptors (Lipinski definition) is 6. The van der Waals surface area contributed by atoms with Gasteiger partial charge in [0.15, 0.2) is 15.6 Å². The van der Waals surface area contributed by atoms with Crippen molar-refractivity contribution in [2.45, 2.75) is 19.4 Å². The van der Waals surface area contributed by atoms with Gasteiger partial charge in [0.25, 0.3) is 0 Å². The number of benzene rings is 1. The zero-order valence-electron chi connectivity index (χ0n) is 14.7. The summed E-state index contributed by atoms with van der Waals surface area (Å²) in [5.74, 6) is -1.92. The first-order valence-electron chi connectivity index (χ1n) is 8.16. The number of sulfone groups is 1. The van der Waals surface area contributed by atoms with Crippen molar-refractivity contribution in [2.24, 2.45) is 0 Å². The van der Waals surface area contributed by atoms with E-state index in [0.717, 1.165) is 0 Å². The van der Waals surface area contributed by atoms with Gasteiger partial charge in [0.1, 0.15) is 0 Å². The molecule has 8 nitrogen and oxygen atoms in total. The summed E-state index contributed by atoms with van der Waals surface area (Å²) in [7, 11) is -1.73. The van der Waals surface area contributed by atoms with Gasteiger partial charge in [-0.3, -0.25) is 14.4 Å². The minimum absolute atomic E-state index is 0.00254. The second-order valence-corrected chi connectivity index (χ2v) is 8.36. The fourth-order valence-corrected chi connectivity index (χ4v) is 4.49. The zero-order valence-corrected chi connectivity index (χ0v) is 15.5. The Hall–Kier alpha value is -2.26. The standard InChI is InChI=1S/C17H22N2O6S/c1-12(20)13-3-5-14(6-4-13)18-16(21)17(22)19(8-9-25-2)15-7-10-26(23,24)11-15/h3-6,15H,7-11H2,1-2H3,(H,18,21). The van der Waals surface area contributed by atoms with E-state index in [2.05, 4.69) is 5.32 Å². The molecule has 0 spiro atoms. The number of nitrogens with zero attached hydrogens (tertiary/aromatic N) is 1. The molecule has 26 heavy (non-hydrogen) atoms. The van der Waals surface area contributed by atoms with Crippen molar-refractivity contribution in [3.8, 4) is 0 Å². The lowest BCUT2D eigenvalue weighted by Crippen LogP contribution is -2.47. The van der Waals surface area contributed by atoms with Crippen LogP contribution in [0.4, 0.5) is 5.69 Å². The maximum Gasteiger partial charge on any atom is 0.313 e. The Kier molecular flexibility index (Phi) is 6.49. The molecule has 0 aromatic heterocycles. The van der Waals surface area contributed by atoms with E-state index in [0.29, 0.717) is 17.7 Å². The number of carbonyl (C=O) groups is 3. The van der Waals surface area contributed by atoms with E-state index < -0.39 is 27.7 Å². The molecule has 1 fully saturated rings. The summed E-state index contributed by atoms with van der Waals surface area (Å²) >= 11 is 0. The first kappa shape index (κ1) is 20.1. The van der Waals surface area contributed by atoms with Gasteiger partial charge >= 0.3 is 11.8 Å². The second kappa shape index (κ2) is 8.41. The van der Waals surface area contributed by atoms with Crippen LogP contribution in [0.5, 0.6) is 0 Å². The summed E-state index contributed by atoms with van der Waals surface area (Å²) in [5.41, 5.74) is 0.867. The smallest absolute Gasteiger partial charge is 0.313 e. The summed E-state index contributed by atoms with van der Waals surface area (Å²) in [5, 5.41) is 2.48. The summed E-state index contributed by atoms with van der Waals surface area (Å²) in [4.78, 5) is 37.4. The molecule has 1 aliphatic rings. The van der Waals surface area contributed by atoms with Crippen molar-refractivity contribution in [1.29, 1.82) is 0 Å². The number of amides is 2. The summed E-state index contributed by atoms with van der Waals surface area (Å²) in [6, 6.07) is 5.63. The normalized spacial score (nSPS) is 18.3. The van der Waals surface area contributed by atoms with Gasteiger partial charge in [-0.05, 0) is 37.6 Å². The zero-order chi connectivity index (χ0) is 19.3. The van der Waals surface area contributed by atoms with Crippen molar-refractivity contribution in [2.75, 3.05) is 37.1 Å². The van der Waals surface area contributed by atoms with E-state index in [1.807, 2.05) is 0 Å². The predicted octanol–water partition coefficient (Wildman–Crippen LogP) is 0.490. The van der Waals surface area contributed by atoms with Crippen molar-refractivity contribution >= 4 is 33.1 Å². The van der Waals surface area contributed by atoms with Gasteiger partial charge in [-0.2, -0.15) is 0 Å². The Labute approximate surface area is 152 Å². The largest absolute Gasteiger partial charge is 0.383 e. The van der Waals surface area contributed by atoms with E-state index in [-0.39, 0.29) is 30.4 Å². The Morgan fingerprint density at radius 2 is 1.88 bits per heavy atom. The van der Waals surface area contributed by atoms with Crippen LogP contribution in [-0.2, 0) is 24.2 Å². The van der Waals surface area contributed by atoms with Crippen molar-refractivity contribution in [3.63, 3.8) is 0 Å². The van der Waals surface area contributed by atoms with Crippen LogP contribution in [-0.4, -0.2) is 68.7 Å². The predicted molar refractivity (Wildman–Crippen MR) is 95.7 cm³/mol. The number of nitrogens with one attached hydrogen (secondary N) is 1. The Morgan fingerprint density at radius 3 is 2.38 bits per heavy atom. The maximum absolute atomic E-state index is 12.5. The Bertz CT molecular complexity index is 788. The molecule has 1 aliphatic heterocycles. The van der Waals surface area contributed by atoms with Gasteiger partial charge in [-0.15, -0.1) is 0 Å². The summed E-state index contributed by atoms with van der Waals surface area (Å²) in [6.07, 6.45) is 0.304. The van der Waals surface area contributed by atoms with E-state index in [4.69, 9.17) is 4.74 Å². The summed E-state index contributed by atoms with van der Waals surface area (Å²) < 4.78 is 28.3. The molecule has 1 unspecified atom stereocenters. The topological polar surface area (TPSA) is 110 Å². The highest BCUT2D eigenvalue weighted by Gasteiger charge is 2.36. The number of Topliss-reactive ketones (excluding diaryl/α,β-unsaturated/α-hetero) is 1. The van der Waals surface area contributed by atoms with Gasteiger partial charge in [-0.1, -0.05) is 0 Å². The van der Waals surface area contributed by atoms with Gasteiger partial charge in [0.2, 0.25) is 0 Å². The molecule has 9 heteroatoms. The Balaban J connectivity index is 2.08. The average Bonchev–Trinajstić information content (AvgIpc) is 2.95. The molecule has 2 rings (SSSR count). The lowest BCUT2D eigenvalue weighted by molar-refractivity contribution is -0.144. The molecule has 0 saturated carbocycles. The SMILES string of the molecule is COCCN(C(=O)C(=O)Nc1ccc(C(C)=O)cc1)C1CCS(=O)(=O)C1. The number of methoxy groups -OCH3 is 1. The van der Waals surface area contributed by atoms with Gasteiger partial charge in [0.05, 0.1) is 18.1 Å². The van der Waals surface area contributed by atoms with Crippen LogP contribution in [0.1, 0.15) is 23.7 Å². The van der Waals surface area contributed by atoms with Crippen LogP contribution < -0.4 is 5.32 Å². The highest BCUT2D eigenvalue weighted by molar-refractivity contribution is 7.91. The number of anilines is 1. The Morgan fingerprint density at radius 1 is 1.23 bits per heavy atom. The minimum Gasteiger partial charge on any atom is -0.383 e. The van der Waals surface area contributed by atoms with Crippen molar-refractivity contribution < 1.29 is 27.5 Å². The minimum atomic E-state index is -3.19. The van der Waals surface area contributed by atoms with E-state index in [9.17, 15) is 22.8 Å². The number of ketones is 1. The maximum atomic E-state index is 12.5. The summed E-state index contributed by atoms with van der Waals surface area (Å²) in [6.45, 7) is 1.76. The fourth-order valence-electron chi connectivity index (χ4n) is 2.76. The van der Waals surface area contributed by atoms with Gasteiger partial charge in [-0.25, -0.2) is 8.42 Å². The van der Waals surface area contributed by atoms with Crippen molar-refractivity contribution in [3.05, 3.63) is 29.8 Å². The monoisotopic (exact) mass is 382 g/mol. The van der Waals surface area contributed by atoms with Crippen LogP contribution >= 0.6 is 0 Å². The third kappa shape index (κ3) is 5.12. The molecule has 1 heterocycles. The lowest BCUT2D eigenvalue weighted by Gasteiger charge is -2.27. The van der Waals surface area contributed by atoms with Crippen LogP contribution in [0.3, 0.4) is 0 Å². The van der Waals surface area contributed by atoms with Crippen LogP contribution in [0.25, 0.3) is 0 Å². The van der Waals surface area contributed by atoms with Crippen molar-refractivity contribution in [1.82, 2.24) is 4.90 Å². The average molecular weight is 382 g/mol. The van der Waals surface area contributed by atoms with Gasteiger partial charge in [0, 0.05) is 30.9 Å². The highest BCUT2D eigenvalue weighted by atomic mass is 32.2. The first-order chi connectivity index (χ1) is 12.2. The molecule has 1 N–H and O–H groups in total. The van der Waals surface area contributed by atoms with Gasteiger partial charge < -0.3 is 15.0 Å². The molecule has 1 saturated heterocycles. The molecular weight excluding hydrogens is 360 g/mol. The second-order valence-electron chi connectivity index (χ2n) is 6.14. The number of ether oxygens (including phenoxy) is 1. The van der Waals surface area contributed by atoms with Crippen LogP contribution in [0.15, 0.2) is 24.3 Å². The van der Waals surface area contributed by atoms with Crippen LogP contribution in [0, 0.1) is 0 Å². The molecule has 0 aliphatic carbocycles. The molecule has 1 atom stereocenters. The highest BCUT2D eigenvalue weighted by Crippen LogP contribution is 2.18. The molecule has 2 amide bonds. The molecule has 1 aromatic rings. The number of rotatable bonds is 6. The molecule has 0 bridgehead atoms. The first-order valence-corrected chi connectivity index (χ1v) is 9.98. The molecule has 142 valence electrons. The molecule has 0 radical (unpaired) electrons.